The predicted octanol–water partition coefficient (Wildman–Crippen LogP) is 3.78. The van der Waals surface area contributed by atoms with E-state index in [1.165, 1.54) is 37.9 Å². The Hall–Kier alpha value is -1.89. The lowest BCUT2D eigenvalue weighted by molar-refractivity contribution is 0.221. The number of nitrogens with zero attached hydrogens (tertiary/aromatic N) is 1. The summed E-state index contributed by atoms with van der Waals surface area (Å²) in [4.78, 5) is 2.78. The maximum atomic E-state index is 12.7. The van der Waals surface area contributed by atoms with Crippen molar-refractivity contribution in [3.8, 4) is 5.75 Å². The molecule has 2 aromatic rings. The van der Waals surface area contributed by atoms with Crippen LogP contribution in [0, 0.1) is 13.8 Å². The molecule has 28 heavy (non-hydrogen) atoms. The molecule has 1 aliphatic rings. The lowest BCUT2D eigenvalue weighted by Crippen LogP contribution is -2.29. The SMILES string of the molecule is COc1ccc(S(=O)(=O)NCc2ccc(CN3CCCCC3)cc2)c(C)c1C. The summed E-state index contributed by atoms with van der Waals surface area (Å²) in [5, 5.41) is 0. The minimum atomic E-state index is -3.58. The fourth-order valence-corrected chi connectivity index (χ4v) is 4.99. The molecular weight excluding hydrogens is 372 g/mol. The number of benzene rings is 2. The van der Waals surface area contributed by atoms with Crippen LogP contribution in [0.2, 0.25) is 0 Å². The topological polar surface area (TPSA) is 58.6 Å². The Morgan fingerprint density at radius 1 is 0.929 bits per heavy atom. The average Bonchev–Trinajstić information content (AvgIpc) is 2.70. The summed E-state index contributed by atoms with van der Waals surface area (Å²) in [6.07, 6.45) is 3.90. The molecule has 0 aromatic heterocycles. The molecule has 3 rings (SSSR count). The van der Waals surface area contributed by atoms with E-state index in [1.807, 2.05) is 26.0 Å². The van der Waals surface area contributed by atoms with Crippen molar-refractivity contribution in [1.82, 2.24) is 9.62 Å². The third-order valence-electron chi connectivity index (χ3n) is 5.54. The van der Waals surface area contributed by atoms with Gasteiger partial charge in [0.2, 0.25) is 10.0 Å². The van der Waals surface area contributed by atoms with Gasteiger partial charge in [0.25, 0.3) is 0 Å². The summed E-state index contributed by atoms with van der Waals surface area (Å²) in [5.74, 6) is 0.695. The van der Waals surface area contributed by atoms with Gasteiger partial charge in [0, 0.05) is 13.1 Å². The van der Waals surface area contributed by atoms with Crippen LogP contribution >= 0.6 is 0 Å². The molecule has 0 amide bonds. The van der Waals surface area contributed by atoms with E-state index in [4.69, 9.17) is 4.74 Å². The quantitative estimate of drug-likeness (QED) is 0.766. The zero-order chi connectivity index (χ0) is 20.1. The second kappa shape index (κ2) is 9.07. The molecule has 6 heteroatoms. The molecule has 1 N–H and O–H groups in total. The number of ether oxygens (including phenoxy) is 1. The van der Waals surface area contributed by atoms with Gasteiger partial charge in [-0.3, -0.25) is 4.90 Å². The number of hydrogen-bond donors (Lipinski definition) is 1. The average molecular weight is 403 g/mol. The number of nitrogens with one attached hydrogen (secondary N) is 1. The lowest BCUT2D eigenvalue weighted by atomic mass is 10.1. The summed E-state index contributed by atoms with van der Waals surface area (Å²) in [6.45, 7) is 7.26. The van der Waals surface area contributed by atoms with Crippen molar-refractivity contribution in [2.75, 3.05) is 20.2 Å². The van der Waals surface area contributed by atoms with E-state index in [9.17, 15) is 8.42 Å². The van der Waals surface area contributed by atoms with Crippen molar-refractivity contribution in [3.05, 3.63) is 58.7 Å². The fourth-order valence-electron chi connectivity index (χ4n) is 3.68. The van der Waals surface area contributed by atoms with Gasteiger partial charge in [-0.05, 0) is 74.2 Å². The molecule has 1 fully saturated rings. The molecule has 0 atom stereocenters. The summed E-state index contributed by atoms with van der Waals surface area (Å²) in [7, 11) is -2.00. The Labute approximate surface area is 168 Å². The number of likely N-dealkylation sites (tertiary alicyclic amines) is 1. The standard InChI is InChI=1S/C22H30N2O3S/c1-17-18(2)22(12-11-21(17)27-3)28(25,26)23-15-19-7-9-20(10-8-19)16-24-13-5-4-6-14-24/h7-12,23H,4-6,13-16H2,1-3H3. The predicted molar refractivity (Wildman–Crippen MR) is 112 cm³/mol. The van der Waals surface area contributed by atoms with E-state index in [0.29, 0.717) is 16.2 Å². The number of piperidine rings is 1. The van der Waals surface area contributed by atoms with Crippen LogP contribution in [0.1, 0.15) is 41.5 Å². The Morgan fingerprint density at radius 3 is 2.21 bits per heavy atom. The van der Waals surface area contributed by atoms with Crippen LogP contribution in [0.25, 0.3) is 0 Å². The zero-order valence-corrected chi connectivity index (χ0v) is 17.8. The molecule has 0 spiro atoms. The highest BCUT2D eigenvalue weighted by molar-refractivity contribution is 7.89. The van der Waals surface area contributed by atoms with Gasteiger partial charge in [-0.15, -0.1) is 0 Å². The smallest absolute Gasteiger partial charge is 0.241 e. The van der Waals surface area contributed by atoms with Crippen LogP contribution in [0.15, 0.2) is 41.3 Å². The van der Waals surface area contributed by atoms with Crippen molar-refractivity contribution in [2.24, 2.45) is 0 Å². The van der Waals surface area contributed by atoms with Crippen molar-refractivity contribution >= 4 is 10.0 Å². The Balaban J connectivity index is 1.63. The summed E-state index contributed by atoms with van der Waals surface area (Å²) in [6, 6.07) is 11.5. The third-order valence-corrected chi connectivity index (χ3v) is 7.09. The van der Waals surface area contributed by atoms with Crippen LogP contribution in [0.4, 0.5) is 0 Å². The van der Waals surface area contributed by atoms with Crippen LogP contribution in [0.5, 0.6) is 5.75 Å². The van der Waals surface area contributed by atoms with Crippen LogP contribution < -0.4 is 9.46 Å². The minimum Gasteiger partial charge on any atom is -0.496 e. The highest BCUT2D eigenvalue weighted by atomic mass is 32.2. The van der Waals surface area contributed by atoms with Crippen LogP contribution in [-0.2, 0) is 23.1 Å². The van der Waals surface area contributed by atoms with Crippen LogP contribution in [-0.4, -0.2) is 33.5 Å². The summed E-state index contributed by atoms with van der Waals surface area (Å²) in [5.41, 5.74) is 3.78. The monoisotopic (exact) mass is 402 g/mol. The molecule has 2 aromatic carbocycles. The van der Waals surface area contributed by atoms with Crippen molar-refractivity contribution < 1.29 is 13.2 Å². The first-order chi connectivity index (χ1) is 13.4. The highest BCUT2D eigenvalue weighted by Gasteiger charge is 2.19. The molecule has 0 saturated carbocycles. The van der Waals surface area contributed by atoms with E-state index in [-0.39, 0.29) is 6.54 Å². The molecule has 1 saturated heterocycles. The molecular formula is C22H30N2O3S. The summed E-state index contributed by atoms with van der Waals surface area (Å²) >= 11 is 0. The maximum Gasteiger partial charge on any atom is 0.241 e. The van der Waals surface area contributed by atoms with Gasteiger partial charge >= 0.3 is 0 Å². The van der Waals surface area contributed by atoms with E-state index in [1.54, 1.807) is 19.2 Å². The Morgan fingerprint density at radius 2 is 1.57 bits per heavy atom. The van der Waals surface area contributed by atoms with E-state index < -0.39 is 10.0 Å². The first-order valence-electron chi connectivity index (χ1n) is 9.85. The van der Waals surface area contributed by atoms with Crippen LogP contribution in [0.3, 0.4) is 0 Å². The van der Waals surface area contributed by atoms with Gasteiger partial charge in [-0.1, -0.05) is 30.7 Å². The molecule has 5 nitrogen and oxygen atoms in total. The Kier molecular flexibility index (Phi) is 6.75. The first kappa shape index (κ1) is 20.8. The highest BCUT2D eigenvalue weighted by Crippen LogP contribution is 2.26. The van der Waals surface area contributed by atoms with Gasteiger partial charge < -0.3 is 4.74 Å². The van der Waals surface area contributed by atoms with Gasteiger partial charge in [0.05, 0.1) is 12.0 Å². The molecule has 0 aliphatic carbocycles. The number of sulfonamides is 1. The third kappa shape index (κ3) is 4.93. The fraction of sp³-hybridized carbons (Fsp3) is 0.455. The summed E-state index contributed by atoms with van der Waals surface area (Å²) < 4.78 is 33.5. The number of methoxy groups -OCH3 is 1. The minimum absolute atomic E-state index is 0.275. The molecule has 152 valence electrons. The van der Waals surface area contributed by atoms with Crippen molar-refractivity contribution in [3.63, 3.8) is 0 Å². The van der Waals surface area contributed by atoms with Gasteiger partial charge in [-0.2, -0.15) is 0 Å². The molecule has 0 radical (unpaired) electrons. The van der Waals surface area contributed by atoms with Gasteiger partial charge in [-0.25, -0.2) is 13.1 Å². The molecule has 0 bridgehead atoms. The maximum absolute atomic E-state index is 12.7. The lowest BCUT2D eigenvalue weighted by Gasteiger charge is -2.26. The van der Waals surface area contributed by atoms with Gasteiger partial charge in [0.1, 0.15) is 5.75 Å². The van der Waals surface area contributed by atoms with Crippen molar-refractivity contribution in [2.45, 2.75) is 51.1 Å². The first-order valence-corrected chi connectivity index (χ1v) is 11.3. The second-order valence-corrected chi connectivity index (χ2v) is 9.23. The largest absolute Gasteiger partial charge is 0.496 e. The molecule has 1 heterocycles. The van der Waals surface area contributed by atoms with E-state index in [2.05, 4.69) is 21.8 Å². The Bertz CT molecular complexity index is 902. The molecule has 0 unspecified atom stereocenters. The zero-order valence-electron chi connectivity index (χ0n) is 17.0. The van der Waals surface area contributed by atoms with E-state index >= 15 is 0 Å². The van der Waals surface area contributed by atoms with Crippen molar-refractivity contribution in [1.29, 1.82) is 0 Å². The number of hydrogen-bond acceptors (Lipinski definition) is 4. The number of rotatable bonds is 7. The van der Waals surface area contributed by atoms with E-state index in [0.717, 1.165) is 17.7 Å². The second-order valence-electron chi connectivity index (χ2n) is 7.49. The normalized spacial score (nSPS) is 15.5. The van der Waals surface area contributed by atoms with Gasteiger partial charge in [0.15, 0.2) is 0 Å². The molecule has 1 aliphatic heterocycles.